The fourth-order valence-electron chi connectivity index (χ4n) is 4.50. The van der Waals surface area contributed by atoms with Crippen molar-refractivity contribution in [2.24, 2.45) is 10.7 Å². The number of nitrogens with zero attached hydrogens (tertiary/aromatic N) is 4. The summed E-state index contributed by atoms with van der Waals surface area (Å²) >= 11 is 0. The standard InChI is InChI=1S/C19H23N5O.C5H9NO2/c1-11-22-17(20)16-19(23-11)25-18(21)15(24-16)14-9-7-13(8-10-14)12-5-3-2-4-6-12;1-6-3-2-4(7)5(6)8/h7-10,12,18H,2-6,21H2,1H3,(H2,20,22,23);4,7H,2-3H2,1H3. The van der Waals surface area contributed by atoms with E-state index in [9.17, 15) is 4.79 Å². The predicted molar refractivity (Wildman–Crippen MR) is 127 cm³/mol. The summed E-state index contributed by atoms with van der Waals surface area (Å²) in [6.07, 6.45) is 5.78. The van der Waals surface area contributed by atoms with Gasteiger partial charge in [-0.3, -0.25) is 10.5 Å². The summed E-state index contributed by atoms with van der Waals surface area (Å²) in [5, 5.41) is 8.78. The van der Waals surface area contributed by atoms with E-state index in [4.69, 9.17) is 21.3 Å². The van der Waals surface area contributed by atoms with E-state index in [1.165, 1.54) is 42.6 Å². The highest BCUT2D eigenvalue weighted by molar-refractivity contribution is 6.06. The maximum atomic E-state index is 10.6. The Labute approximate surface area is 193 Å². The van der Waals surface area contributed by atoms with Crippen molar-refractivity contribution < 1.29 is 14.6 Å². The quantitative estimate of drug-likeness (QED) is 0.635. The van der Waals surface area contributed by atoms with Crippen molar-refractivity contribution in [2.75, 3.05) is 19.3 Å². The predicted octanol–water partition coefficient (Wildman–Crippen LogP) is 2.42. The average molecular weight is 453 g/mol. The van der Waals surface area contributed by atoms with Gasteiger partial charge in [-0.15, -0.1) is 0 Å². The Kier molecular flexibility index (Phi) is 6.90. The van der Waals surface area contributed by atoms with Gasteiger partial charge in [0.2, 0.25) is 5.88 Å². The molecule has 1 saturated carbocycles. The van der Waals surface area contributed by atoms with E-state index in [0.29, 0.717) is 47.8 Å². The first-order valence-corrected chi connectivity index (χ1v) is 11.5. The van der Waals surface area contributed by atoms with Gasteiger partial charge >= 0.3 is 0 Å². The lowest BCUT2D eigenvalue weighted by atomic mass is 9.84. The van der Waals surface area contributed by atoms with Crippen LogP contribution in [0.2, 0.25) is 0 Å². The molecule has 3 heterocycles. The maximum Gasteiger partial charge on any atom is 0.251 e. The van der Waals surface area contributed by atoms with Crippen LogP contribution in [0.5, 0.6) is 5.88 Å². The number of benzene rings is 1. The normalized spacial score (nSPS) is 22.7. The Hall–Kier alpha value is -3.04. The minimum Gasteiger partial charge on any atom is -0.451 e. The molecule has 1 amide bonds. The van der Waals surface area contributed by atoms with E-state index in [1.807, 2.05) is 0 Å². The second kappa shape index (κ2) is 9.84. The summed E-state index contributed by atoms with van der Waals surface area (Å²) in [5.41, 5.74) is 15.6. The van der Waals surface area contributed by atoms with Gasteiger partial charge in [0.15, 0.2) is 17.7 Å². The number of likely N-dealkylation sites (tertiary alicyclic amines) is 1. The van der Waals surface area contributed by atoms with E-state index in [-0.39, 0.29) is 5.91 Å². The number of hydrogen-bond acceptors (Lipinski definition) is 8. The number of likely N-dealkylation sites (N-methyl/N-ethyl adjacent to an activating group) is 1. The van der Waals surface area contributed by atoms with Crippen molar-refractivity contribution in [2.45, 2.75) is 63.7 Å². The minimum absolute atomic E-state index is 0.148. The van der Waals surface area contributed by atoms with E-state index in [1.54, 1.807) is 14.0 Å². The molecule has 5 N–H and O–H groups in total. The number of aromatic nitrogens is 2. The molecule has 5 rings (SSSR count). The van der Waals surface area contributed by atoms with Gasteiger partial charge in [-0.2, -0.15) is 4.98 Å². The van der Waals surface area contributed by atoms with Crippen molar-refractivity contribution >= 4 is 23.1 Å². The lowest BCUT2D eigenvalue weighted by Gasteiger charge is -2.24. The number of aryl methyl sites for hydroxylation is 1. The molecule has 9 nitrogen and oxygen atoms in total. The van der Waals surface area contributed by atoms with Gasteiger partial charge in [0.1, 0.15) is 17.6 Å². The summed E-state index contributed by atoms with van der Waals surface area (Å²) in [6.45, 7) is 2.45. The van der Waals surface area contributed by atoms with E-state index >= 15 is 0 Å². The first kappa shape index (κ1) is 23.1. The van der Waals surface area contributed by atoms with Gasteiger partial charge in [-0.25, -0.2) is 9.98 Å². The van der Waals surface area contributed by atoms with Crippen LogP contribution in [0.3, 0.4) is 0 Å². The molecule has 2 aliphatic heterocycles. The molecule has 1 aromatic heterocycles. The molecule has 1 aliphatic carbocycles. The number of nitrogens with two attached hydrogens (primary N) is 2. The van der Waals surface area contributed by atoms with Crippen molar-refractivity contribution in [3.63, 3.8) is 0 Å². The van der Waals surface area contributed by atoms with E-state index < -0.39 is 12.3 Å². The number of ether oxygens (including phenoxy) is 1. The lowest BCUT2D eigenvalue weighted by molar-refractivity contribution is -0.133. The topological polar surface area (TPSA) is 140 Å². The van der Waals surface area contributed by atoms with Gasteiger partial charge < -0.3 is 20.5 Å². The zero-order chi connectivity index (χ0) is 23.5. The van der Waals surface area contributed by atoms with Crippen LogP contribution in [-0.2, 0) is 4.79 Å². The molecule has 33 heavy (non-hydrogen) atoms. The maximum absolute atomic E-state index is 10.6. The van der Waals surface area contributed by atoms with Crippen LogP contribution in [0.15, 0.2) is 29.3 Å². The highest BCUT2D eigenvalue weighted by Crippen LogP contribution is 2.36. The SMILES string of the molecule is CN1CCC(O)C1=O.Cc1nc(N)c2c(n1)OC(N)C(c1ccc(C3CCCCC3)cc1)=N2. The molecule has 1 saturated heterocycles. The number of nitrogen functional groups attached to an aromatic ring is 1. The molecule has 3 aliphatic rings. The van der Waals surface area contributed by atoms with Crippen molar-refractivity contribution in [1.29, 1.82) is 0 Å². The Morgan fingerprint density at radius 3 is 2.36 bits per heavy atom. The van der Waals surface area contributed by atoms with Crippen molar-refractivity contribution in [3.8, 4) is 5.88 Å². The van der Waals surface area contributed by atoms with E-state index in [0.717, 1.165) is 5.56 Å². The lowest BCUT2D eigenvalue weighted by Crippen LogP contribution is -2.39. The molecule has 2 atom stereocenters. The molecule has 9 heteroatoms. The molecule has 2 aromatic rings. The fourth-order valence-corrected chi connectivity index (χ4v) is 4.50. The van der Waals surface area contributed by atoms with Crippen LogP contribution in [0.4, 0.5) is 11.5 Å². The molecular weight excluding hydrogens is 420 g/mol. The van der Waals surface area contributed by atoms with Crippen LogP contribution in [0.25, 0.3) is 0 Å². The van der Waals surface area contributed by atoms with Gasteiger partial charge in [0.25, 0.3) is 5.91 Å². The Balaban J connectivity index is 0.000000275. The molecule has 176 valence electrons. The van der Waals surface area contributed by atoms with Crippen molar-refractivity contribution in [1.82, 2.24) is 14.9 Å². The highest BCUT2D eigenvalue weighted by Gasteiger charge is 2.27. The fraction of sp³-hybridized carbons (Fsp3) is 0.500. The summed E-state index contributed by atoms with van der Waals surface area (Å²) in [7, 11) is 1.69. The second-order valence-electron chi connectivity index (χ2n) is 8.87. The number of carbonyl (C=O) groups is 1. The zero-order valence-corrected chi connectivity index (χ0v) is 19.2. The number of fused-ring (bicyclic) bond motifs is 1. The number of hydrogen-bond donors (Lipinski definition) is 3. The monoisotopic (exact) mass is 452 g/mol. The second-order valence-corrected chi connectivity index (χ2v) is 8.87. The number of carbonyl (C=O) groups excluding carboxylic acids is 1. The molecule has 0 radical (unpaired) electrons. The van der Waals surface area contributed by atoms with Crippen LogP contribution in [-0.4, -0.2) is 57.5 Å². The third-order valence-electron chi connectivity index (χ3n) is 6.41. The van der Waals surface area contributed by atoms with Crippen LogP contribution < -0.4 is 16.2 Å². The number of rotatable bonds is 2. The molecular formula is C24H32N6O3. The Bertz CT molecular complexity index is 1020. The van der Waals surface area contributed by atoms with E-state index in [2.05, 4.69) is 39.2 Å². The minimum atomic E-state index is -0.722. The molecule has 2 fully saturated rings. The Morgan fingerprint density at radius 1 is 1.09 bits per heavy atom. The molecule has 0 spiro atoms. The summed E-state index contributed by atoms with van der Waals surface area (Å²) in [4.78, 5) is 25.1. The number of anilines is 1. The van der Waals surface area contributed by atoms with Crippen LogP contribution in [0, 0.1) is 6.92 Å². The smallest absolute Gasteiger partial charge is 0.251 e. The Morgan fingerprint density at radius 2 is 1.79 bits per heavy atom. The van der Waals surface area contributed by atoms with Gasteiger partial charge in [0, 0.05) is 19.2 Å². The van der Waals surface area contributed by atoms with Crippen LogP contribution >= 0.6 is 0 Å². The van der Waals surface area contributed by atoms with Gasteiger partial charge in [-0.05, 0) is 37.7 Å². The molecule has 1 aromatic carbocycles. The first-order valence-electron chi connectivity index (χ1n) is 11.5. The number of amides is 1. The zero-order valence-electron chi connectivity index (χ0n) is 19.2. The van der Waals surface area contributed by atoms with Crippen LogP contribution in [0.1, 0.15) is 61.4 Å². The number of aliphatic imine (C=N–C) groups is 1. The third-order valence-corrected chi connectivity index (χ3v) is 6.41. The largest absolute Gasteiger partial charge is 0.451 e. The third kappa shape index (κ3) is 5.15. The summed E-state index contributed by atoms with van der Waals surface area (Å²) < 4.78 is 5.72. The summed E-state index contributed by atoms with van der Waals surface area (Å²) in [6, 6.07) is 8.51. The number of aliphatic hydroxyl groups excluding tert-OH is 1. The van der Waals surface area contributed by atoms with Gasteiger partial charge in [-0.1, -0.05) is 43.5 Å². The highest BCUT2D eigenvalue weighted by atomic mass is 16.5. The van der Waals surface area contributed by atoms with Gasteiger partial charge in [0.05, 0.1) is 0 Å². The first-order chi connectivity index (χ1) is 15.8. The molecule has 2 unspecified atom stereocenters. The summed E-state index contributed by atoms with van der Waals surface area (Å²) in [5.74, 6) is 1.73. The average Bonchev–Trinajstić information content (AvgIpc) is 3.10. The van der Waals surface area contributed by atoms with Crippen molar-refractivity contribution in [3.05, 3.63) is 41.2 Å². The number of aliphatic hydroxyl groups is 1. The molecule has 0 bridgehead atoms.